The monoisotopic (exact) mass is 458 g/mol. The van der Waals surface area contributed by atoms with Gasteiger partial charge in [0.1, 0.15) is 5.82 Å². The summed E-state index contributed by atoms with van der Waals surface area (Å²) < 4.78 is 19.8. The molecule has 3 aromatic rings. The van der Waals surface area contributed by atoms with E-state index >= 15 is 0 Å². The van der Waals surface area contributed by atoms with Crippen molar-refractivity contribution in [2.45, 2.75) is 62.4 Å². The molecule has 0 radical (unpaired) electrons. The smallest absolute Gasteiger partial charge is 0.233 e. The molecule has 5 heteroatoms. The highest BCUT2D eigenvalue weighted by Gasteiger charge is 2.51. The van der Waals surface area contributed by atoms with Crippen molar-refractivity contribution in [1.29, 1.82) is 0 Å². The average molecular weight is 459 g/mol. The number of fused-ring (bicyclic) bond motifs is 3. The summed E-state index contributed by atoms with van der Waals surface area (Å²) in [7, 11) is 0. The molecule has 6 rings (SSSR count). The van der Waals surface area contributed by atoms with E-state index in [0.29, 0.717) is 32.0 Å². The highest BCUT2D eigenvalue weighted by atomic mass is 19.1. The van der Waals surface area contributed by atoms with Crippen molar-refractivity contribution in [1.82, 2.24) is 9.88 Å². The van der Waals surface area contributed by atoms with Gasteiger partial charge in [0.05, 0.1) is 10.9 Å². The third kappa shape index (κ3) is 3.80. The fraction of sp³-hybridized carbons (Fsp3) is 0.448. The number of halogens is 1. The maximum Gasteiger partial charge on any atom is 0.233 e. The van der Waals surface area contributed by atoms with Crippen LogP contribution < -0.4 is 0 Å². The molecule has 0 N–H and O–H groups in total. The topological polar surface area (TPSA) is 42.4 Å². The summed E-state index contributed by atoms with van der Waals surface area (Å²) >= 11 is 0. The number of nitrogens with zero attached hydrogens (tertiary/aromatic N) is 2. The molecule has 3 fully saturated rings. The van der Waals surface area contributed by atoms with Gasteiger partial charge >= 0.3 is 0 Å². The second-order valence-corrected chi connectivity index (χ2v) is 10.4. The lowest BCUT2D eigenvalue weighted by atomic mass is 9.72. The number of carbonyl (C=O) groups is 1. The minimum Gasteiger partial charge on any atom is -0.381 e. The molecule has 1 aromatic heterocycles. The van der Waals surface area contributed by atoms with Crippen LogP contribution in [0.2, 0.25) is 0 Å². The summed E-state index contributed by atoms with van der Waals surface area (Å²) in [5.74, 6) is 0.478. The first kappa shape index (κ1) is 21.7. The van der Waals surface area contributed by atoms with Crippen LogP contribution in [-0.2, 0) is 21.4 Å². The number of hydrogen-bond donors (Lipinski definition) is 0. The predicted octanol–water partition coefficient (Wildman–Crippen LogP) is 5.43. The molecule has 0 unspecified atom stereocenters. The van der Waals surface area contributed by atoms with E-state index < -0.39 is 5.41 Å². The number of amides is 1. The molecule has 2 atom stereocenters. The Bertz CT molecular complexity index is 1190. The number of para-hydroxylation sites is 1. The second kappa shape index (κ2) is 8.77. The first-order valence-corrected chi connectivity index (χ1v) is 12.6. The number of piperidine rings is 1. The van der Waals surface area contributed by atoms with E-state index in [2.05, 4.69) is 28.1 Å². The maximum atomic E-state index is 14.2. The minimum atomic E-state index is -0.670. The van der Waals surface area contributed by atoms with E-state index in [1.54, 1.807) is 12.1 Å². The molecule has 1 amide bonds. The van der Waals surface area contributed by atoms with Crippen molar-refractivity contribution in [2.75, 3.05) is 13.2 Å². The molecule has 0 aliphatic carbocycles. The van der Waals surface area contributed by atoms with Crippen LogP contribution in [0.5, 0.6) is 0 Å². The van der Waals surface area contributed by atoms with Gasteiger partial charge in [0.25, 0.3) is 0 Å². The van der Waals surface area contributed by atoms with E-state index in [4.69, 9.17) is 4.74 Å². The Labute approximate surface area is 200 Å². The van der Waals surface area contributed by atoms with Gasteiger partial charge in [-0.2, -0.15) is 0 Å². The number of pyridine rings is 1. The second-order valence-electron chi connectivity index (χ2n) is 10.4. The number of ether oxygens (including phenoxy) is 1. The summed E-state index contributed by atoms with van der Waals surface area (Å²) in [4.78, 5) is 21.0. The Hall–Kier alpha value is -2.79. The zero-order valence-corrected chi connectivity index (χ0v) is 19.5. The summed E-state index contributed by atoms with van der Waals surface area (Å²) in [6, 6.07) is 17.7. The average Bonchev–Trinajstić information content (AvgIpc) is 3.13. The molecule has 3 aliphatic rings. The normalized spacial score (nSPS) is 26.0. The van der Waals surface area contributed by atoms with Gasteiger partial charge in [0, 0.05) is 36.9 Å². The maximum absolute atomic E-state index is 14.2. The van der Waals surface area contributed by atoms with Gasteiger partial charge in [0.15, 0.2) is 0 Å². The van der Waals surface area contributed by atoms with Crippen molar-refractivity contribution in [3.05, 3.63) is 77.7 Å². The molecule has 2 bridgehead atoms. The fourth-order valence-electron chi connectivity index (χ4n) is 6.73. The van der Waals surface area contributed by atoms with Gasteiger partial charge in [-0.3, -0.25) is 9.78 Å². The lowest BCUT2D eigenvalue weighted by Gasteiger charge is -2.46. The van der Waals surface area contributed by atoms with Crippen LogP contribution >= 0.6 is 0 Å². The molecule has 4 heterocycles. The Balaban J connectivity index is 1.23. The molecular weight excluding hydrogens is 427 g/mol. The SMILES string of the molecule is O=C(N1[C@H]2CC[C@H]1CC(Cc1cnc3ccccc3c1)C2)C1(c2cccc(F)c2)CCOCC1. The fourth-order valence-corrected chi connectivity index (χ4v) is 6.73. The molecule has 3 saturated heterocycles. The Morgan fingerprint density at radius 2 is 1.79 bits per heavy atom. The molecule has 34 heavy (non-hydrogen) atoms. The Morgan fingerprint density at radius 3 is 2.56 bits per heavy atom. The number of hydrogen-bond acceptors (Lipinski definition) is 3. The van der Waals surface area contributed by atoms with Crippen LogP contribution in [0.15, 0.2) is 60.8 Å². The van der Waals surface area contributed by atoms with Gasteiger partial charge < -0.3 is 9.64 Å². The van der Waals surface area contributed by atoms with Crippen LogP contribution in [0.25, 0.3) is 10.9 Å². The van der Waals surface area contributed by atoms with E-state index in [0.717, 1.165) is 43.2 Å². The van der Waals surface area contributed by atoms with Crippen LogP contribution in [0.3, 0.4) is 0 Å². The third-order valence-corrected chi connectivity index (χ3v) is 8.37. The summed E-state index contributed by atoms with van der Waals surface area (Å²) in [5.41, 5.74) is 2.45. The van der Waals surface area contributed by atoms with Crippen LogP contribution in [-0.4, -0.2) is 41.1 Å². The van der Waals surface area contributed by atoms with Gasteiger partial charge in [-0.05, 0) is 86.3 Å². The number of rotatable bonds is 4. The Kier molecular flexibility index (Phi) is 5.60. The summed E-state index contributed by atoms with van der Waals surface area (Å²) in [6.45, 7) is 1.09. The van der Waals surface area contributed by atoms with E-state index in [1.165, 1.54) is 17.0 Å². The van der Waals surface area contributed by atoms with Gasteiger partial charge in [0.2, 0.25) is 5.91 Å². The highest BCUT2D eigenvalue weighted by Crippen LogP contribution is 2.45. The van der Waals surface area contributed by atoms with Crippen LogP contribution in [0, 0.1) is 11.7 Å². The Morgan fingerprint density at radius 1 is 1.03 bits per heavy atom. The molecule has 0 saturated carbocycles. The zero-order valence-electron chi connectivity index (χ0n) is 19.5. The highest BCUT2D eigenvalue weighted by molar-refractivity contribution is 5.89. The third-order valence-electron chi connectivity index (χ3n) is 8.37. The van der Waals surface area contributed by atoms with E-state index in [9.17, 15) is 9.18 Å². The zero-order chi connectivity index (χ0) is 23.1. The molecule has 176 valence electrons. The first-order valence-electron chi connectivity index (χ1n) is 12.6. The van der Waals surface area contributed by atoms with Crippen molar-refractivity contribution < 1.29 is 13.9 Å². The van der Waals surface area contributed by atoms with Crippen molar-refractivity contribution in [3.63, 3.8) is 0 Å². The molecule has 3 aliphatic heterocycles. The summed E-state index contributed by atoms with van der Waals surface area (Å²) in [5, 5.41) is 1.19. The summed E-state index contributed by atoms with van der Waals surface area (Å²) in [6.07, 6.45) is 8.47. The van der Waals surface area contributed by atoms with E-state index in [-0.39, 0.29) is 23.8 Å². The van der Waals surface area contributed by atoms with Crippen molar-refractivity contribution >= 4 is 16.8 Å². The van der Waals surface area contributed by atoms with Gasteiger partial charge in [-0.15, -0.1) is 0 Å². The number of carbonyl (C=O) groups excluding carboxylic acids is 1. The quantitative estimate of drug-likeness (QED) is 0.523. The molecular formula is C29H31FN2O2. The lowest BCUT2D eigenvalue weighted by molar-refractivity contribution is -0.146. The molecule has 0 spiro atoms. The van der Waals surface area contributed by atoms with Crippen molar-refractivity contribution in [3.8, 4) is 0 Å². The molecule has 2 aromatic carbocycles. The predicted molar refractivity (Wildman–Crippen MR) is 130 cm³/mol. The first-order chi connectivity index (χ1) is 16.6. The van der Waals surface area contributed by atoms with Crippen molar-refractivity contribution in [2.24, 2.45) is 5.92 Å². The standard InChI is InChI=1S/C29H31FN2O2/c30-24-6-3-5-23(18-24)29(10-12-34-13-11-29)28(33)32-25-8-9-26(32)17-20(16-25)14-21-15-22-4-1-2-7-27(22)31-19-21/h1-7,15,18-20,25-26H,8-14,16-17H2/t25-,26-/m0/s1. The van der Waals surface area contributed by atoms with E-state index in [1.807, 2.05) is 24.4 Å². The van der Waals surface area contributed by atoms with Gasteiger partial charge in [-0.25, -0.2) is 4.39 Å². The molecule has 4 nitrogen and oxygen atoms in total. The minimum absolute atomic E-state index is 0.194. The van der Waals surface area contributed by atoms with Gasteiger partial charge in [-0.1, -0.05) is 30.3 Å². The van der Waals surface area contributed by atoms with Crippen LogP contribution in [0.4, 0.5) is 4.39 Å². The van der Waals surface area contributed by atoms with Crippen LogP contribution in [0.1, 0.15) is 49.7 Å². The largest absolute Gasteiger partial charge is 0.381 e. The number of aromatic nitrogens is 1. The number of benzene rings is 2. The lowest BCUT2D eigenvalue weighted by Crippen LogP contribution is -2.56.